The lowest BCUT2D eigenvalue weighted by atomic mass is 9.82. The van der Waals surface area contributed by atoms with Crippen molar-refractivity contribution in [2.45, 2.75) is 5.54 Å². The van der Waals surface area contributed by atoms with Crippen molar-refractivity contribution in [3.05, 3.63) is 35.9 Å². The molecule has 0 saturated carbocycles. The molecule has 0 radical (unpaired) electrons. The van der Waals surface area contributed by atoms with Crippen LogP contribution in [-0.4, -0.2) is 43.2 Å². The molecule has 1 heterocycles. The molecule has 1 aromatic carbocycles. The summed E-state index contributed by atoms with van der Waals surface area (Å²) in [6, 6.07) is 9.79. The van der Waals surface area contributed by atoms with Gasteiger partial charge in [-0.2, -0.15) is 0 Å². The summed E-state index contributed by atoms with van der Waals surface area (Å²) in [5.74, 6) is -0.0233. The molecule has 5 heteroatoms. The maximum absolute atomic E-state index is 10.6. The second-order valence-electron chi connectivity index (χ2n) is 4.65. The van der Waals surface area contributed by atoms with Gasteiger partial charge in [-0.15, -0.1) is 0 Å². The Bertz CT molecular complexity index is 387. The van der Waals surface area contributed by atoms with E-state index < -0.39 is 5.54 Å². The summed E-state index contributed by atoms with van der Waals surface area (Å²) in [5, 5.41) is 9.45. The molecule has 1 saturated heterocycles. The van der Waals surface area contributed by atoms with E-state index in [1.54, 1.807) is 0 Å². The monoisotopic (exact) mass is 232 g/mol. The van der Waals surface area contributed by atoms with E-state index >= 15 is 0 Å². The second kappa shape index (κ2) is 5.00. The normalized spacial score (nSPS) is 29.2. The van der Waals surface area contributed by atoms with Crippen molar-refractivity contribution < 1.29 is 9.90 Å². The summed E-state index contributed by atoms with van der Waals surface area (Å²) in [6.45, 7) is 1.32. The summed E-state index contributed by atoms with van der Waals surface area (Å²) in [4.78, 5) is 12.5. The topological polar surface area (TPSA) is 66.6 Å². The van der Waals surface area contributed by atoms with Crippen LogP contribution in [-0.2, 0) is 10.3 Å². The molecule has 2 unspecified atom stereocenters. The first-order valence-corrected chi connectivity index (χ1v) is 5.82. The Morgan fingerprint density at radius 2 is 2.24 bits per heavy atom. The van der Waals surface area contributed by atoms with Crippen molar-refractivity contribution in [1.29, 1.82) is 0 Å². The van der Waals surface area contributed by atoms with E-state index in [0.29, 0.717) is 20.5 Å². The minimum absolute atomic E-state index is 0.0233. The highest BCUT2D eigenvalue weighted by atomic mass is 16.3. The zero-order valence-corrected chi connectivity index (χ0v) is 9.75. The molecule has 2 rings (SSSR count). The molecule has 0 aliphatic carbocycles. The molecule has 1 aliphatic rings. The first-order chi connectivity index (χ1) is 8.20. The van der Waals surface area contributed by atoms with Crippen molar-refractivity contribution in [2.75, 3.05) is 19.7 Å². The number of nitrogens with zero attached hydrogens (tertiary/aromatic N) is 1. The van der Waals surface area contributed by atoms with Gasteiger partial charge >= 0.3 is 0 Å². The number of benzene rings is 1. The quantitative estimate of drug-likeness (QED) is 0.532. The molecule has 4 nitrogen and oxygen atoms in total. The van der Waals surface area contributed by atoms with E-state index in [2.05, 4.69) is 0 Å². The lowest BCUT2D eigenvalue weighted by molar-refractivity contribution is 0.186. The third-order valence-corrected chi connectivity index (χ3v) is 3.56. The predicted molar refractivity (Wildman–Crippen MR) is 68.4 cm³/mol. The van der Waals surface area contributed by atoms with E-state index in [-0.39, 0.29) is 12.5 Å². The summed E-state index contributed by atoms with van der Waals surface area (Å²) in [6.07, 6.45) is 0.880. The molecule has 0 bridgehead atoms. The largest absolute Gasteiger partial charge is 0.396 e. The fourth-order valence-corrected chi connectivity index (χ4v) is 2.58. The Balaban J connectivity index is 2.26. The van der Waals surface area contributed by atoms with Crippen molar-refractivity contribution in [3.63, 3.8) is 0 Å². The van der Waals surface area contributed by atoms with E-state index in [1.807, 2.05) is 35.1 Å². The molecule has 90 valence electrons. The fourth-order valence-electron chi connectivity index (χ4n) is 2.58. The molecule has 2 atom stereocenters. The van der Waals surface area contributed by atoms with Gasteiger partial charge in [-0.3, -0.25) is 0 Å². The molecule has 0 amide bonds. The van der Waals surface area contributed by atoms with Crippen molar-refractivity contribution in [3.8, 4) is 0 Å². The molecule has 17 heavy (non-hydrogen) atoms. The van der Waals surface area contributed by atoms with E-state index in [4.69, 9.17) is 5.73 Å². The number of hydrogen-bond donors (Lipinski definition) is 2. The van der Waals surface area contributed by atoms with Crippen molar-refractivity contribution >= 4 is 13.6 Å². The molecule has 1 aromatic rings. The first kappa shape index (κ1) is 12.3. The summed E-state index contributed by atoms with van der Waals surface area (Å²) in [5.41, 5.74) is 6.90. The van der Waals surface area contributed by atoms with Gasteiger partial charge in [-0.1, -0.05) is 30.3 Å². The highest BCUT2D eigenvalue weighted by molar-refractivity contribution is 6.64. The zero-order chi connectivity index (χ0) is 12.3. The Kier molecular flexibility index (Phi) is 3.62. The van der Waals surface area contributed by atoms with Crippen LogP contribution in [0.1, 0.15) is 5.56 Å². The maximum Gasteiger partial charge on any atom is 0.281 e. The minimum Gasteiger partial charge on any atom is -0.396 e. The second-order valence-corrected chi connectivity index (χ2v) is 4.65. The van der Waals surface area contributed by atoms with Gasteiger partial charge in [0.1, 0.15) is 0 Å². The van der Waals surface area contributed by atoms with Gasteiger partial charge in [-0.25, -0.2) is 0 Å². The van der Waals surface area contributed by atoms with Gasteiger partial charge in [0.25, 0.3) is 7.41 Å². The van der Waals surface area contributed by atoms with Crippen LogP contribution in [0.25, 0.3) is 0 Å². The third-order valence-electron chi connectivity index (χ3n) is 3.56. The Hall–Kier alpha value is -1.17. The van der Waals surface area contributed by atoms with Crippen LogP contribution < -0.4 is 5.73 Å². The Morgan fingerprint density at radius 3 is 2.82 bits per heavy atom. The van der Waals surface area contributed by atoms with E-state index in [1.165, 1.54) is 0 Å². The SMILES string of the molecule is NC1(c2ccccc2)CN(BC=O)CC1CO. The third kappa shape index (κ3) is 2.27. The molecule has 0 spiro atoms. The molecule has 1 aliphatic heterocycles. The Labute approximate surface area is 102 Å². The van der Waals surface area contributed by atoms with E-state index in [0.717, 1.165) is 11.7 Å². The number of carbonyl (C=O) groups is 1. The van der Waals surface area contributed by atoms with Crippen molar-refractivity contribution in [2.24, 2.45) is 11.7 Å². The standard InChI is InChI=1S/C12H17BN2O2/c14-12(10-4-2-1-3-5-10)8-15(13-9-17)6-11(12)7-16/h1-5,9,11,13,16H,6-8,14H2. The lowest BCUT2D eigenvalue weighted by Crippen LogP contribution is -2.46. The van der Waals surface area contributed by atoms with Crippen LogP contribution >= 0.6 is 0 Å². The van der Waals surface area contributed by atoms with Crippen LogP contribution in [0, 0.1) is 5.92 Å². The number of aliphatic hydroxyl groups is 1. The molecule has 3 N–H and O–H groups in total. The first-order valence-electron chi connectivity index (χ1n) is 5.82. The van der Waals surface area contributed by atoms with Gasteiger partial charge < -0.3 is 20.4 Å². The summed E-state index contributed by atoms with van der Waals surface area (Å²) < 4.78 is 0. The van der Waals surface area contributed by atoms with Crippen LogP contribution in [0.5, 0.6) is 0 Å². The average molecular weight is 232 g/mol. The zero-order valence-electron chi connectivity index (χ0n) is 9.75. The maximum atomic E-state index is 10.6. The number of hydrogen-bond acceptors (Lipinski definition) is 4. The van der Waals surface area contributed by atoms with Gasteiger partial charge in [0.15, 0.2) is 0 Å². The van der Waals surface area contributed by atoms with Crippen LogP contribution in [0.4, 0.5) is 0 Å². The van der Waals surface area contributed by atoms with Gasteiger partial charge in [0.05, 0.1) is 11.7 Å². The van der Waals surface area contributed by atoms with Gasteiger partial charge in [-0.05, 0) is 12.1 Å². The predicted octanol–water partition coefficient (Wildman–Crippen LogP) is -0.694. The van der Waals surface area contributed by atoms with Gasteiger partial charge in [0, 0.05) is 19.1 Å². The van der Waals surface area contributed by atoms with Crippen molar-refractivity contribution in [1.82, 2.24) is 4.81 Å². The van der Waals surface area contributed by atoms with E-state index in [9.17, 15) is 9.90 Å². The minimum atomic E-state index is -0.557. The summed E-state index contributed by atoms with van der Waals surface area (Å²) in [7, 11) is 0.377. The number of aliphatic hydroxyl groups excluding tert-OH is 1. The summed E-state index contributed by atoms with van der Waals surface area (Å²) >= 11 is 0. The highest BCUT2D eigenvalue weighted by Gasteiger charge is 2.44. The lowest BCUT2D eigenvalue weighted by Gasteiger charge is -2.30. The molecular weight excluding hydrogens is 215 g/mol. The van der Waals surface area contributed by atoms with Crippen LogP contribution in [0.15, 0.2) is 30.3 Å². The average Bonchev–Trinajstić information content (AvgIpc) is 2.69. The Morgan fingerprint density at radius 1 is 1.53 bits per heavy atom. The smallest absolute Gasteiger partial charge is 0.281 e. The fraction of sp³-hybridized carbons (Fsp3) is 0.417. The van der Waals surface area contributed by atoms with Gasteiger partial charge in [0.2, 0.25) is 0 Å². The number of rotatable bonds is 4. The number of carbonyl (C=O) groups excluding carboxylic acids is 1. The molecular formula is C12H17BN2O2. The van der Waals surface area contributed by atoms with Crippen LogP contribution in [0.2, 0.25) is 0 Å². The molecule has 1 fully saturated rings. The van der Waals surface area contributed by atoms with Crippen LogP contribution in [0.3, 0.4) is 0 Å². The molecule has 0 aromatic heterocycles. The number of nitrogens with two attached hydrogens (primary N) is 1. The highest BCUT2D eigenvalue weighted by Crippen LogP contribution is 2.33.